The van der Waals surface area contributed by atoms with E-state index in [1.807, 2.05) is 0 Å². The number of rotatable bonds is 3. The number of thiocarbonyl (C=S) groups is 1. The van der Waals surface area contributed by atoms with E-state index in [0.29, 0.717) is 10.9 Å². The zero-order chi connectivity index (χ0) is 11.9. The fraction of sp³-hybridized carbons (Fsp3) is 0.818. The molecule has 0 bridgehead atoms. The maximum atomic E-state index is 12.3. The summed E-state index contributed by atoms with van der Waals surface area (Å²) in [5, 5.41) is 9.32. The lowest BCUT2D eigenvalue weighted by atomic mass is 10.0. The Labute approximate surface area is 101 Å². The third kappa shape index (κ3) is 1.62. The molecule has 90 valence electrons. The van der Waals surface area contributed by atoms with Crippen LogP contribution in [-0.4, -0.2) is 40.1 Å². The molecular weight excluding hydrogens is 224 g/mol. The van der Waals surface area contributed by atoms with Gasteiger partial charge in [0.05, 0.1) is 23.1 Å². The fourth-order valence-electron chi connectivity index (χ4n) is 2.50. The number of nitrogens with two attached hydrogens (primary N) is 1. The lowest BCUT2D eigenvalue weighted by molar-refractivity contribution is -0.136. The number of amides is 1. The van der Waals surface area contributed by atoms with Gasteiger partial charge < -0.3 is 15.7 Å². The van der Waals surface area contributed by atoms with Crippen LogP contribution in [0, 0.1) is 11.3 Å². The van der Waals surface area contributed by atoms with Crippen molar-refractivity contribution in [2.75, 3.05) is 13.2 Å². The second kappa shape index (κ2) is 3.96. The van der Waals surface area contributed by atoms with Gasteiger partial charge in [0.15, 0.2) is 0 Å². The van der Waals surface area contributed by atoms with Crippen LogP contribution < -0.4 is 5.73 Å². The minimum atomic E-state index is -0.577. The van der Waals surface area contributed by atoms with Crippen molar-refractivity contribution in [2.45, 2.75) is 32.2 Å². The molecule has 0 aromatic carbocycles. The van der Waals surface area contributed by atoms with Gasteiger partial charge in [-0.15, -0.1) is 0 Å². The molecule has 1 heterocycles. The van der Waals surface area contributed by atoms with E-state index < -0.39 is 5.41 Å². The molecule has 0 aromatic rings. The number of likely N-dealkylation sites (tertiary alicyclic amines) is 1. The van der Waals surface area contributed by atoms with E-state index in [-0.39, 0.29) is 18.6 Å². The molecule has 0 aromatic heterocycles. The predicted molar refractivity (Wildman–Crippen MR) is 64.8 cm³/mol. The SMILES string of the molecule is CC1CCN(C(=O)C2(C(N)=S)CC2)C1CO. The Morgan fingerprint density at radius 3 is 2.69 bits per heavy atom. The Bertz CT molecular complexity index is 328. The van der Waals surface area contributed by atoms with E-state index in [2.05, 4.69) is 6.92 Å². The monoisotopic (exact) mass is 242 g/mol. The molecule has 2 atom stereocenters. The van der Waals surface area contributed by atoms with Crippen molar-refractivity contribution in [3.05, 3.63) is 0 Å². The molecule has 16 heavy (non-hydrogen) atoms. The quantitative estimate of drug-likeness (QED) is 0.698. The van der Waals surface area contributed by atoms with Gasteiger partial charge in [0, 0.05) is 6.54 Å². The number of nitrogens with zero attached hydrogens (tertiary/aromatic N) is 1. The van der Waals surface area contributed by atoms with Crippen molar-refractivity contribution in [1.82, 2.24) is 4.90 Å². The summed E-state index contributed by atoms with van der Waals surface area (Å²) in [6.07, 6.45) is 2.48. The van der Waals surface area contributed by atoms with Gasteiger partial charge in [-0.3, -0.25) is 4.79 Å². The van der Waals surface area contributed by atoms with Crippen LogP contribution in [0.4, 0.5) is 0 Å². The van der Waals surface area contributed by atoms with E-state index in [1.165, 1.54) is 0 Å². The van der Waals surface area contributed by atoms with Gasteiger partial charge in [-0.2, -0.15) is 0 Å². The fourth-order valence-corrected chi connectivity index (χ4v) is 2.80. The average Bonchev–Trinajstić information content (AvgIpc) is 2.97. The summed E-state index contributed by atoms with van der Waals surface area (Å²) in [4.78, 5) is 14.4. The Kier molecular flexibility index (Phi) is 2.92. The summed E-state index contributed by atoms with van der Waals surface area (Å²) < 4.78 is 0. The smallest absolute Gasteiger partial charge is 0.235 e. The van der Waals surface area contributed by atoms with Crippen molar-refractivity contribution in [3.8, 4) is 0 Å². The van der Waals surface area contributed by atoms with Crippen LogP contribution in [0.25, 0.3) is 0 Å². The lowest BCUT2D eigenvalue weighted by Gasteiger charge is -2.28. The number of carbonyl (C=O) groups excluding carboxylic acids is 1. The largest absolute Gasteiger partial charge is 0.394 e. The number of aliphatic hydroxyl groups is 1. The van der Waals surface area contributed by atoms with Crippen molar-refractivity contribution in [3.63, 3.8) is 0 Å². The minimum Gasteiger partial charge on any atom is -0.394 e. The molecule has 1 aliphatic carbocycles. The van der Waals surface area contributed by atoms with Crippen LogP contribution >= 0.6 is 12.2 Å². The molecule has 2 aliphatic rings. The van der Waals surface area contributed by atoms with Crippen molar-refractivity contribution in [1.29, 1.82) is 0 Å². The molecule has 1 saturated heterocycles. The first-order chi connectivity index (χ1) is 7.53. The van der Waals surface area contributed by atoms with Crippen LogP contribution in [0.5, 0.6) is 0 Å². The third-order valence-electron chi connectivity index (χ3n) is 3.96. The average molecular weight is 242 g/mol. The summed E-state index contributed by atoms with van der Waals surface area (Å²) in [5.74, 6) is 0.388. The highest BCUT2D eigenvalue weighted by molar-refractivity contribution is 7.80. The standard InChI is InChI=1S/C11H18N2O2S/c1-7-2-5-13(8(7)6-14)10(15)11(3-4-11)9(12)16/h7-8,14H,2-6H2,1H3,(H2,12,16). The zero-order valence-corrected chi connectivity index (χ0v) is 10.3. The number of carbonyl (C=O) groups is 1. The summed E-state index contributed by atoms with van der Waals surface area (Å²) in [6.45, 7) is 2.81. The maximum Gasteiger partial charge on any atom is 0.235 e. The minimum absolute atomic E-state index is 0.0281. The summed E-state index contributed by atoms with van der Waals surface area (Å²) in [5.41, 5.74) is 5.07. The van der Waals surface area contributed by atoms with Gasteiger partial charge in [0.25, 0.3) is 0 Å². The molecule has 1 amide bonds. The van der Waals surface area contributed by atoms with Crippen LogP contribution in [0.15, 0.2) is 0 Å². The molecule has 4 nitrogen and oxygen atoms in total. The maximum absolute atomic E-state index is 12.3. The zero-order valence-electron chi connectivity index (χ0n) is 9.48. The highest BCUT2D eigenvalue weighted by Gasteiger charge is 2.56. The van der Waals surface area contributed by atoms with E-state index >= 15 is 0 Å². The third-order valence-corrected chi connectivity index (χ3v) is 4.35. The summed E-state index contributed by atoms with van der Waals surface area (Å²) >= 11 is 4.98. The number of hydrogen-bond donors (Lipinski definition) is 2. The number of aliphatic hydroxyl groups excluding tert-OH is 1. The summed E-state index contributed by atoms with van der Waals surface area (Å²) in [6, 6.07) is -0.0562. The van der Waals surface area contributed by atoms with Gasteiger partial charge in [0.2, 0.25) is 5.91 Å². The van der Waals surface area contributed by atoms with E-state index in [0.717, 1.165) is 25.8 Å². The molecule has 0 radical (unpaired) electrons. The van der Waals surface area contributed by atoms with Gasteiger partial charge in [-0.05, 0) is 25.2 Å². The van der Waals surface area contributed by atoms with Crippen LogP contribution in [0.2, 0.25) is 0 Å². The molecule has 2 rings (SSSR count). The van der Waals surface area contributed by atoms with Crippen molar-refractivity contribution < 1.29 is 9.90 Å². The molecule has 3 N–H and O–H groups in total. The van der Waals surface area contributed by atoms with E-state index in [9.17, 15) is 9.90 Å². The Morgan fingerprint density at radius 2 is 2.25 bits per heavy atom. The molecular formula is C11H18N2O2S. The van der Waals surface area contributed by atoms with Crippen molar-refractivity contribution in [2.24, 2.45) is 17.1 Å². The van der Waals surface area contributed by atoms with Crippen LogP contribution in [0.3, 0.4) is 0 Å². The molecule has 2 fully saturated rings. The molecule has 1 saturated carbocycles. The van der Waals surface area contributed by atoms with Gasteiger partial charge in [-0.1, -0.05) is 19.1 Å². The van der Waals surface area contributed by atoms with Crippen molar-refractivity contribution >= 4 is 23.1 Å². The lowest BCUT2D eigenvalue weighted by Crippen LogP contribution is -2.47. The Balaban J connectivity index is 2.14. The second-order valence-electron chi connectivity index (χ2n) is 4.96. The predicted octanol–water partition coefficient (Wildman–Crippen LogP) is 0.282. The second-order valence-corrected chi connectivity index (χ2v) is 5.40. The van der Waals surface area contributed by atoms with Gasteiger partial charge in [-0.25, -0.2) is 0 Å². The first-order valence-corrected chi connectivity index (χ1v) is 6.15. The molecule has 2 unspecified atom stereocenters. The Hall–Kier alpha value is -0.680. The first kappa shape index (κ1) is 11.8. The first-order valence-electron chi connectivity index (χ1n) is 5.75. The van der Waals surface area contributed by atoms with Gasteiger partial charge in [0.1, 0.15) is 0 Å². The molecule has 5 heteroatoms. The molecule has 0 spiro atoms. The highest BCUT2D eigenvalue weighted by Crippen LogP contribution is 2.48. The normalized spacial score (nSPS) is 31.5. The van der Waals surface area contributed by atoms with E-state index in [1.54, 1.807) is 4.90 Å². The highest BCUT2D eigenvalue weighted by atomic mass is 32.1. The van der Waals surface area contributed by atoms with Gasteiger partial charge >= 0.3 is 0 Å². The van der Waals surface area contributed by atoms with Crippen LogP contribution in [0.1, 0.15) is 26.2 Å². The molecule has 1 aliphatic heterocycles. The topological polar surface area (TPSA) is 66.6 Å². The van der Waals surface area contributed by atoms with E-state index in [4.69, 9.17) is 18.0 Å². The van der Waals surface area contributed by atoms with Crippen LogP contribution in [-0.2, 0) is 4.79 Å². The summed E-state index contributed by atoms with van der Waals surface area (Å²) in [7, 11) is 0. The number of hydrogen-bond acceptors (Lipinski definition) is 3. The Morgan fingerprint density at radius 1 is 1.62 bits per heavy atom.